The molecule has 0 aliphatic carbocycles. The summed E-state index contributed by atoms with van der Waals surface area (Å²) in [4.78, 5) is 31.6. The molecule has 0 fully saturated rings. The molecule has 0 aromatic rings. The van der Waals surface area contributed by atoms with E-state index < -0.39 is 17.9 Å². The van der Waals surface area contributed by atoms with Crippen molar-refractivity contribution in [3.05, 3.63) is 0 Å². The van der Waals surface area contributed by atoms with Crippen molar-refractivity contribution in [1.82, 2.24) is 10.6 Å². The number of nitrogens with one attached hydrogen (secondary N) is 2. The Morgan fingerprint density at radius 2 is 2.00 bits per heavy atom. The Balaban J connectivity index is 3.45. The lowest BCUT2D eigenvalue weighted by Gasteiger charge is -2.01. The van der Waals surface area contributed by atoms with Crippen LogP contribution in [0.15, 0.2) is 0 Å². The summed E-state index contributed by atoms with van der Waals surface area (Å²) in [6.07, 6.45) is 0.0118. The van der Waals surface area contributed by atoms with E-state index in [1.54, 1.807) is 0 Å². The Hall–Kier alpha value is -1.24. The number of hydrogen-bond acceptors (Lipinski definition) is 4. The van der Waals surface area contributed by atoms with Crippen LogP contribution in [0.4, 0.5) is 4.79 Å². The molecule has 14 heavy (non-hydrogen) atoms. The van der Waals surface area contributed by atoms with Crippen molar-refractivity contribution >= 4 is 29.7 Å². The summed E-state index contributed by atoms with van der Waals surface area (Å²) in [5.74, 6) is -0.888. The van der Waals surface area contributed by atoms with Crippen LogP contribution in [0.5, 0.6) is 0 Å². The predicted molar refractivity (Wildman–Crippen MR) is 52.2 cm³/mol. The third kappa shape index (κ3) is 7.41. The molecule has 0 atom stereocenters. The zero-order chi connectivity index (χ0) is 11.0. The molecule has 0 aliphatic rings. The highest BCUT2D eigenvalue weighted by molar-refractivity contribution is 7.99. The van der Waals surface area contributed by atoms with Gasteiger partial charge in [-0.15, -0.1) is 0 Å². The fraction of sp³-hybridized carbons (Fsp3) is 0.571. The monoisotopic (exact) mass is 220 g/mol. The summed E-state index contributed by atoms with van der Waals surface area (Å²) in [5.41, 5.74) is 0. The molecule has 0 radical (unpaired) electrons. The van der Waals surface area contributed by atoms with Gasteiger partial charge in [-0.2, -0.15) is 11.8 Å². The Kier molecular flexibility index (Phi) is 6.55. The lowest BCUT2D eigenvalue weighted by atomic mass is 10.5. The third-order valence-electron chi connectivity index (χ3n) is 1.17. The molecular formula is C7H12N2O4S. The van der Waals surface area contributed by atoms with Gasteiger partial charge in [0.2, 0.25) is 5.91 Å². The first-order valence-corrected chi connectivity index (χ1v) is 5.03. The number of imide groups is 1. The number of amides is 3. The summed E-state index contributed by atoms with van der Waals surface area (Å²) in [5, 5.41) is 12.6. The van der Waals surface area contributed by atoms with E-state index >= 15 is 0 Å². The SMILES string of the molecule is CNC(=O)NC(=O)CSCCC(=O)O. The van der Waals surface area contributed by atoms with Gasteiger partial charge in [-0.25, -0.2) is 4.79 Å². The average molecular weight is 220 g/mol. The quantitative estimate of drug-likeness (QED) is 0.550. The van der Waals surface area contributed by atoms with E-state index in [0.717, 1.165) is 0 Å². The molecule has 3 amide bonds. The molecule has 6 nitrogen and oxygen atoms in total. The van der Waals surface area contributed by atoms with Gasteiger partial charge >= 0.3 is 12.0 Å². The van der Waals surface area contributed by atoms with Crippen LogP contribution in [0.1, 0.15) is 6.42 Å². The van der Waals surface area contributed by atoms with Gasteiger partial charge in [0.15, 0.2) is 0 Å². The van der Waals surface area contributed by atoms with Gasteiger partial charge in [0.05, 0.1) is 12.2 Å². The lowest BCUT2D eigenvalue weighted by Crippen LogP contribution is -2.38. The van der Waals surface area contributed by atoms with E-state index in [1.165, 1.54) is 18.8 Å². The summed E-state index contributed by atoms with van der Waals surface area (Å²) < 4.78 is 0. The fourth-order valence-electron chi connectivity index (χ4n) is 0.550. The minimum atomic E-state index is -0.899. The normalized spacial score (nSPS) is 9.21. The molecule has 0 heterocycles. The topological polar surface area (TPSA) is 95.5 Å². The first-order valence-electron chi connectivity index (χ1n) is 3.87. The second-order valence-corrected chi connectivity index (χ2v) is 3.43. The Morgan fingerprint density at radius 3 is 2.50 bits per heavy atom. The smallest absolute Gasteiger partial charge is 0.321 e. The van der Waals surface area contributed by atoms with E-state index in [1.807, 2.05) is 0 Å². The molecule has 0 aliphatic heterocycles. The molecule has 3 N–H and O–H groups in total. The minimum absolute atomic E-state index is 0.0118. The van der Waals surface area contributed by atoms with E-state index in [2.05, 4.69) is 10.6 Å². The summed E-state index contributed by atoms with van der Waals surface area (Å²) in [6, 6.07) is -0.561. The van der Waals surface area contributed by atoms with Crippen molar-refractivity contribution in [2.24, 2.45) is 0 Å². The maximum atomic E-state index is 10.9. The molecule has 0 unspecified atom stereocenters. The van der Waals surface area contributed by atoms with Gasteiger partial charge in [0.1, 0.15) is 0 Å². The fourth-order valence-corrected chi connectivity index (χ4v) is 1.27. The molecule has 0 aromatic carbocycles. The number of carbonyl (C=O) groups is 3. The Bertz CT molecular complexity index is 232. The number of rotatable bonds is 5. The summed E-state index contributed by atoms with van der Waals surface area (Å²) >= 11 is 1.17. The van der Waals surface area contributed by atoms with Gasteiger partial charge in [-0.3, -0.25) is 14.9 Å². The number of thioether (sulfide) groups is 1. The van der Waals surface area contributed by atoms with Crippen LogP contribution >= 0.6 is 11.8 Å². The highest BCUT2D eigenvalue weighted by atomic mass is 32.2. The van der Waals surface area contributed by atoms with Crippen LogP contribution < -0.4 is 10.6 Å². The van der Waals surface area contributed by atoms with E-state index in [4.69, 9.17) is 5.11 Å². The number of carbonyl (C=O) groups excluding carboxylic acids is 2. The molecule has 0 bridgehead atoms. The van der Waals surface area contributed by atoms with Gasteiger partial charge < -0.3 is 10.4 Å². The molecule has 0 spiro atoms. The van der Waals surface area contributed by atoms with Crippen molar-refractivity contribution in [2.75, 3.05) is 18.6 Å². The zero-order valence-electron chi connectivity index (χ0n) is 7.70. The molecule has 0 rings (SSSR count). The highest BCUT2D eigenvalue weighted by Crippen LogP contribution is 2.01. The molecular weight excluding hydrogens is 208 g/mol. The lowest BCUT2D eigenvalue weighted by molar-refractivity contribution is -0.136. The molecule has 0 aromatic heterocycles. The number of carboxylic acids is 1. The van der Waals surface area contributed by atoms with Gasteiger partial charge in [0.25, 0.3) is 0 Å². The van der Waals surface area contributed by atoms with Gasteiger partial charge in [-0.1, -0.05) is 0 Å². The first-order chi connectivity index (χ1) is 6.56. The van der Waals surface area contributed by atoms with Gasteiger partial charge in [-0.05, 0) is 0 Å². The largest absolute Gasteiger partial charge is 0.481 e. The van der Waals surface area contributed by atoms with Gasteiger partial charge in [0, 0.05) is 12.8 Å². The molecule has 0 saturated heterocycles. The summed E-state index contributed by atoms with van der Waals surface area (Å²) in [7, 11) is 1.40. The average Bonchev–Trinajstić information content (AvgIpc) is 2.12. The second-order valence-electron chi connectivity index (χ2n) is 2.32. The highest BCUT2D eigenvalue weighted by Gasteiger charge is 2.05. The maximum absolute atomic E-state index is 10.9. The Morgan fingerprint density at radius 1 is 1.36 bits per heavy atom. The second kappa shape index (κ2) is 7.19. The van der Waals surface area contributed by atoms with Crippen molar-refractivity contribution in [1.29, 1.82) is 0 Å². The maximum Gasteiger partial charge on any atom is 0.321 e. The minimum Gasteiger partial charge on any atom is -0.481 e. The van der Waals surface area contributed by atoms with E-state index in [-0.39, 0.29) is 12.2 Å². The first kappa shape index (κ1) is 12.8. The third-order valence-corrected chi connectivity index (χ3v) is 2.13. The zero-order valence-corrected chi connectivity index (χ0v) is 8.52. The van der Waals surface area contributed by atoms with Crippen LogP contribution in [0, 0.1) is 0 Å². The Labute approximate surface area is 85.4 Å². The van der Waals surface area contributed by atoms with Crippen LogP contribution in [0.25, 0.3) is 0 Å². The number of aliphatic carboxylic acids is 1. The molecule has 80 valence electrons. The standard InChI is InChI=1S/C7H12N2O4S/c1-8-7(13)9-5(10)4-14-3-2-6(11)12/h2-4H2,1H3,(H,11,12)(H2,8,9,10,13). The molecule has 7 heteroatoms. The molecule has 0 saturated carbocycles. The number of hydrogen-bond donors (Lipinski definition) is 3. The van der Waals surface area contributed by atoms with Crippen molar-refractivity contribution < 1.29 is 19.5 Å². The van der Waals surface area contributed by atoms with Crippen LogP contribution in [0.2, 0.25) is 0 Å². The van der Waals surface area contributed by atoms with Crippen LogP contribution in [0.3, 0.4) is 0 Å². The van der Waals surface area contributed by atoms with Crippen molar-refractivity contribution in [2.45, 2.75) is 6.42 Å². The van der Waals surface area contributed by atoms with Crippen molar-refractivity contribution in [3.63, 3.8) is 0 Å². The van der Waals surface area contributed by atoms with Crippen molar-refractivity contribution in [3.8, 4) is 0 Å². The number of urea groups is 1. The van der Waals surface area contributed by atoms with Crippen LogP contribution in [-0.2, 0) is 9.59 Å². The van der Waals surface area contributed by atoms with Crippen LogP contribution in [-0.4, -0.2) is 41.6 Å². The van der Waals surface area contributed by atoms with E-state index in [0.29, 0.717) is 5.75 Å². The number of carboxylic acid groups (broad SMARTS) is 1. The summed E-state index contributed by atoms with van der Waals surface area (Å²) in [6.45, 7) is 0. The van der Waals surface area contributed by atoms with E-state index in [9.17, 15) is 14.4 Å². The predicted octanol–water partition coefficient (Wildman–Crippen LogP) is -0.350.